The number of aromatic nitrogens is 2. The average Bonchev–Trinajstić information content (AvgIpc) is 3.11. The molecule has 4 nitrogen and oxygen atoms in total. The maximum atomic E-state index is 13.5. The molecule has 0 fully saturated rings. The molecule has 3 aromatic carbocycles. The first kappa shape index (κ1) is 18.6. The molecule has 0 saturated heterocycles. The Morgan fingerprint density at radius 2 is 1.80 bits per heavy atom. The fourth-order valence-corrected chi connectivity index (χ4v) is 4.52. The molecule has 0 unspecified atom stereocenters. The quantitative estimate of drug-likeness (QED) is 0.472. The van der Waals surface area contributed by atoms with Crippen LogP contribution in [-0.4, -0.2) is 22.0 Å². The summed E-state index contributed by atoms with van der Waals surface area (Å²) in [6.07, 6.45) is 2.03. The van der Waals surface area contributed by atoms with Crippen molar-refractivity contribution in [1.29, 1.82) is 0 Å². The largest absolute Gasteiger partial charge is 0.314 e. The standard InChI is InChI=1S/C26H25N3O/c1-18-13-14-21(19(2)16-18)26-27-22-10-4-6-12-24(22)29(26)17-25(30)28-15-7-9-20-8-3-5-11-23(20)28/h3-6,8,10-14,16H,7,9,15,17H2,1-2H3. The molecule has 0 spiro atoms. The number of aryl methyl sites for hydroxylation is 3. The summed E-state index contributed by atoms with van der Waals surface area (Å²) in [5, 5.41) is 0. The molecule has 1 aromatic heterocycles. The third kappa shape index (κ3) is 3.18. The number of rotatable bonds is 3. The molecule has 150 valence electrons. The van der Waals surface area contributed by atoms with Gasteiger partial charge in [-0.15, -0.1) is 0 Å². The van der Waals surface area contributed by atoms with Crippen LogP contribution in [0.15, 0.2) is 66.7 Å². The number of hydrogen-bond acceptors (Lipinski definition) is 2. The Bertz CT molecular complexity index is 1250. The van der Waals surface area contributed by atoms with E-state index in [1.54, 1.807) is 0 Å². The van der Waals surface area contributed by atoms with Crippen LogP contribution in [0.2, 0.25) is 0 Å². The van der Waals surface area contributed by atoms with Crippen molar-refractivity contribution in [3.05, 3.63) is 83.4 Å². The van der Waals surface area contributed by atoms with Gasteiger partial charge in [-0.05, 0) is 56.0 Å². The number of amides is 1. The van der Waals surface area contributed by atoms with Gasteiger partial charge in [0.1, 0.15) is 12.4 Å². The third-order valence-corrected chi connectivity index (χ3v) is 5.98. The number of nitrogens with zero attached hydrogens (tertiary/aromatic N) is 3. The summed E-state index contributed by atoms with van der Waals surface area (Å²) < 4.78 is 2.08. The van der Waals surface area contributed by atoms with E-state index in [1.807, 2.05) is 35.2 Å². The Labute approximate surface area is 176 Å². The van der Waals surface area contributed by atoms with Crippen LogP contribution in [0.5, 0.6) is 0 Å². The van der Waals surface area contributed by atoms with E-state index in [9.17, 15) is 4.79 Å². The first-order chi connectivity index (χ1) is 14.6. The van der Waals surface area contributed by atoms with Gasteiger partial charge in [0.05, 0.1) is 11.0 Å². The molecule has 0 saturated carbocycles. The van der Waals surface area contributed by atoms with E-state index in [4.69, 9.17) is 4.98 Å². The van der Waals surface area contributed by atoms with Gasteiger partial charge in [0.15, 0.2) is 0 Å². The molecule has 0 N–H and O–H groups in total. The van der Waals surface area contributed by atoms with Gasteiger partial charge in [-0.25, -0.2) is 4.98 Å². The topological polar surface area (TPSA) is 38.1 Å². The molecular weight excluding hydrogens is 370 g/mol. The number of carbonyl (C=O) groups excluding carboxylic acids is 1. The minimum absolute atomic E-state index is 0.108. The summed E-state index contributed by atoms with van der Waals surface area (Å²) in [6, 6.07) is 22.7. The van der Waals surface area contributed by atoms with Crippen LogP contribution in [0.25, 0.3) is 22.4 Å². The van der Waals surface area contributed by atoms with Gasteiger partial charge < -0.3 is 9.47 Å². The third-order valence-electron chi connectivity index (χ3n) is 5.98. The normalized spacial score (nSPS) is 13.5. The van der Waals surface area contributed by atoms with Crippen molar-refractivity contribution in [2.24, 2.45) is 0 Å². The monoisotopic (exact) mass is 395 g/mol. The SMILES string of the molecule is Cc1ccc(-c2nc3ccccc3n2CC(=O)N2CCCc3ccccc32)c(C)c1. The number of anilines is 1. The van der Waals surface area contributed by atoms with E-state index in [0.29, 0.717) is 0 Å². The molecule has 0 aliphatic carbocycles. The Morgan fingerprint density at radius 1 is 1.00 bits per heavy atom. The predicted molar refractivity (Wildman–Crippen MR) is 122 cm³/mol. The zero-order valence-electron chi connectivity index (χ0n) is 17.4. The Kier molecular flexibility index (Phi) is 4.62. The number of carbonyl (C=O) groups is 1. The van der Waals surface area contributed by atoms with Crippen molar-refractivity contribution in [3.63, 3.8) is 0 Å². The van der Waals surface area contributed by atoms with Crippen LogP contribution in [-0.2, 0) is 17.8 Å². The van der Waals surface area contributed by atoms with Crippen LogP contribution in [0.4, 0.5) is 5.69 Å². The number of hydrogen-bond donors (Lipinski definition) is 0. The molecular formula is C26H25N3O. The van der Waals surface area contributed by atoms with Crippen LogP contribution in [0, 0.1) is 13.8 Å². The molecule has 5 rings (SSSR count). The maximum absolute atomic E-state index is 13.5. The first-order valence-corrected chi connectivity index (χ1v) is 10.5. The lowest BCUT2D eigenvalue weighted by molar-refractivity contribution is -0.119. The molecule has 30 heavy (non-hydrogen) atoms. The highest BCUT2D eigenvalue weighted by molar-refractivity contribution is 5.96. The van der Waals surface area contributed by atoms with Crippen LogP contribution < -0.4 is 4.90 Å². The van der Waals surface area contributed by atoms with Crippen molar-refractivity contribution in [1.82, 2.24) is 9.55 Å². The molecule has 4 heteroatoms. The summed E-state index contributed by atoms with van der Waals surface area (Å²) in [4.78, 5) is 20.3. The van der Waals surface area contributed by atoms with E-state index in [0.717, 1.165) is 47.5 Å². The second-order valence-electron chi connectivity index (χ2n) is 8.11. The van der Waals surface area contributed by atoms with E-state index in [1.165, 1.54) is 16.7 Å². The van der Waals surface area contributed by atoms with Gasteiger partial charge in [0.2, 0.25) is 5.91 Å². The van der Waals surface area contributed by atoms with E-state index < -0.39 is 0 Å². The average molecular weight is 396 g/mol. The van der Waals surface area contributed by atoms with Crippen molar-refractivity contribution in [3.8, 4) is 11.4 Å². The molecule has 4 aromatic rings. The van der Waals surface area contributed by atoms with Gasteiger partial charge >= 0.3 is 0 Å². The molecule has 0 atom stereocenters. The van der Waals surface area contributed by atoms with Crippen molar-refractivity contribution in [2.45, 2.75) is 33.2 Å². The fourth-order valence-electron chi connectivity index (χ4n) is 4.52. The molecule has 1 amide bonds. The lowest BCUT2D eigenvalue weighted by Crippen LogP contribution is -2.37. The Balaban J connectivity index is 1.58. The van der Waals surface area contributed by atoms with Gasteiger partial charge in [0.25, 0.3) is 0 Å². The van der Waals surface area contributed by atoms with E-state index >= 15 is 0 Å². The summed E-state index contributed by atoms with van der Waals surface area (Å²) in [6.45, 7) is 5.24. The highest BCUT2D eigenvalue weighted by atomic mass is 16.2. The molecule has 1 aliphatic rings. The van der Waals surface area contributed by atoms with Crippen molar-refractivity contribution in [2.75, 3.05) is 11.4 Å². The molecule has 0 radical (unpaired) electrons. The second kappa shape index (κ2) is 7.45. The molecule has 2 heterocycles. The van der Waals surface area contributed by atoms with Gasteiger partial charge in [-0.3, -0.25) is 4.79 Å². The Morgan fingerprint density at radius 3 is 2.67 bits per heavy atom. The molecule has 1 aliphatic heterocycles. The number of imidazole rings is 1. The zero-order valence-corrected chi connectivity index (χ0v) is 17.4. The highest BCUT2D eigenvalue weighted by Gasteiger charge is 2.24. The minimum atomic E-state index is 0.108. The smallest absolute Gasteiger partial charge is 0.247 e. The van der Waals surface area contributed by atoms with Gasteiger partial charge in [-0.1, -0.05) is 54.1 Å². The van der Waals surface area contributed by atoms with Crippen molar-refractivity contribution >= 4 is 22.6 Å². The fraction of sp³-hybridized carbons (Fsp3) is 0.231. The number of benzene rings is 3. The summed E-state index contributed by atoms with van der Waals surface area (Å²) in [5.74, 6) is 0.962. The summed E-state index contributed by atoms with van der Waals surface area (Å²) in [5.41, 5.74) is 7.67. The maximum Gasteiger partial charge on any atom is 0.247 e. The van der Waals surface area contributed by atoms with E-state index in [-0.39, 0.29) is 12.5 Å². The lowest BCUT2D eigenvalue weighted by atomic mass is 10.0. The zero-order chi connectivity index (χ0) is 20.7. The van der Waals surface area contributed by atoms with Crippen LogP contribution in [0.3, 0.4) is 0 Å². The predicted octanol–water partition coefficient (Wildman–Crippen LogP) is 5.30. The summed E-state index contributed by atoms with van der Waals surface area (Å²) >= 11 is 0. The number of fused-ring (bicyclic) bond motifs is 2. The lowest BCUT2D eigenvalue weighted by Gasteiger charge is -2.30. The van der Waals surface area contributed by atoms with Crippen LogP contribution >= 0.6 is 0 Å². The summed E-state index contributed by atoms with van der Waals surface area (Å²) in [7, 11) is 0. The van der Waals surface area contributed by atoms with Gasteiger partial charge in [-0.2, -0.15) is 0 Å². The minimum Gasteiger partial charge on any atom is -0.314 e. The van der Waals surface area contributed by atoms with Crippen LogP contribution in [0.1, 0.15) is 23.1 Å². The van der Waals surface area contributed by atoms with Gasteiger partial charge in [0, 0.05) is 17.8 Å². The number of para-hydroxylation sites is 3. The Hall–Kier alpha value is -3.40. The van der Waals surface area contributed by atoms with Crippen molar-refractivity contribution < 1.29 is 4.79 Å². The highest BCUT2D eigenvalue weighted by Crippen LogP contribution is 2.30. The first-order valence-electron chi connectivity index (χ1n) is 10.5. The molecule has 0 bridgehead atoms. The second-order valence-corrected chi connectivity index (χ2v) is 8.11. The van der Waals surface area contributed by atoms with E-state index in [2.05, 4.69) is 54.8 Å².